The first-order valence-corrected chi connectivity index (χ1v) is 11.1. The van der Waals surface area contributed by atoms with Crippen LogP contribution in [0.15, 0.2) is 45.7 Å². The quantitative estimate of drug-likeness (QED) is 0.407. The van der Waals surface area contributed by atoms with E-state index in [0.717, 1.165) is 4.90 Å². The minimum Gasteiger partial charge on any atom is -0.490 e. The van der Waals surface area contributed by atoms with Gasteiger partial charge in [-0.3, -0.25) is 10.1 Å². The smallest absolute Gasteiger partial charge is 0.322 e. The number of halogens is 1. The van der Waals surface area contributed by atoms with Crippen LogP contribution in [0.25, 0.3) is 11.5 Å². The second-order valence-electron chi connectivity index (χ2n) is 6.30. The minimum atomic E-state index is -0.328. The van der Waals surface area contributed by atoms with Crippen LogP contribution in [0.4, 0.5) is 10.4 Å². The summed E-state index contributed by atoms with van der Waals surface area (Å²) in [6, 6.07) is 9.31. The van der Waals surface area contributed by atoms with Gasteiger partial charge in [0.1, 0.15) is 5.82 Å². The van der Waals surface area contributed by atoms with Crippen molar-refractivity contribution < 1.29 is 27.8 Å². The van der Waals surface area contributed by atoms with Crippen molar-refractivity contribution in [2.75, 3.05) is 30.9 Å². The van der Waals surface area contributed by atoms with Crippen molar-refractivity contribution in [1.29, 1.82) is 0 Å². The number of amides is 1. The summed E-state index contributed by atoms with van der Waals surface area (Å²) in [5, 5.41) is 10.5. The molecule has 10 heteroatoms. The van der Waals surface area contributed by atoms with Gasteiger partial charge < -0.3 is 18.6 Å². The molecular formula is C22H24FN3O5S. The summed E-state index contributed by atoms with van der Waals surface area (Å²) in [5.74, 6) is 1.14. The SMILES string of the molecule is CCOc1cc(-c2nnc(NC(=O)CSc3ccc(F)cc3)o2)cc(OCC)c1OCC. The van der Waals surface area contributed by atoms with Crippen LogP contribution in [0.5, 0.6) is 17.2 Å². The van der Waals surface area contributed by atoms with Crippen molar-refractivity contribution in [3.05, 3.63) is 42.2 Å². The molecule has 0 saturated carbocycles. The summed E-state index contributed by atoms with van der Waals surface area (Å²) in [7, 11) is 0. The molecule has 0 aliphatic carbocycles. The summed E-state index contributed by atoms with van der Waals surface area (Å²) < 4.78 is 35.7. The Morgan fingerprint density at radius 3 is 2.22 bits per heavy atom. The van der Waals surface area contributed by atoms with Gasteiger partial charge in [0.05, 0.1) is 25.6 Å². The predicted molar refractivity (Wildman–Crippen MR) is 119 cm³/mol. The van der Waals surface area contributed by atoms with Crippen molar-refractivity contribution in [2.24, 2.45) is 0 Å². The summed E-state index contributed by atoms with van der Waals surface area (Å²) in [4.78, 5) is 13.0. The molecule has 1 amide bonds. The number of carbonyl (C=O) groups excluding carboxylic acids is 1. The van der Waals surface area contributed by atoms with Gasteiger partial charge in [0.2, 0.25) is 17.5 Å². The molecular weight excluding hydrogens is 437 g/mol. The van der Waals surface area contributed by atoms with Crippen molar-refractivity contribution in [3.8, 4) is 28.7 Å². The van der Waals surface area contributed by atoms with Crippen LogP contribution in [0.2, 0.25) is 0 Å². The number of aromatic nitrogens is 2. The molecule has 170 valence electrons. The van der Waals surface area contributed by atoms with Crippen LogP contribution in [0, 0.1) is 5.82 Å². The topological polar surface area (TPSA) is 95.7 Å². The first-order valence-electron chi connectivity index (χ1n) is 10.1. The van der Waals surface area contributed by atoms with Crippen molar-refractivity contribution in [2.45, 2.75) is 25.7 Å². The van der Waals surface area contributed by atoms with Crippen molar-refractivity contribution >= 4 is 23.7 Å². The van der Waals surface area contributed by atoms with Gasteiger partial charge in [-0.05, 0) is 57.2 Å². The van der Waals surface area contributed by atoms with Crippen LogP contribution in [0.1, 0.15) is 20.8 Å². The first-order chi connectivity index (χ1) is 15.5. The zero-order valence-electron chi connectivity index (χ0n) is 18.0. The molecule has 1 aromatic heterocycles. The highest BCUT2D eigenvalue weighted by molar-refractivity contribution is 8.00. The molecule has 0 fully saturated rings. The largest absolute Gasteiger partial charge is 0.490 e. The van der Waals surface area contributed by atoms with E-state index in [4.69, 9.17) is 18.6 Å². The maximum Gasteiger partial charge on any atom is 0.322 e. The highest BCUT2D eigenvalue weighted by atomic mass is 32.2. The molecule has 3 aromatic rings. The molecule has 0 unspecified atom stereocenters. The number of nitrogens with one attached hydrogen (secondary N) is 1. The molecule has 0 atom stereocenters. The number of benzene rings is 2. The van der Waals surface area contributed by atoms with E-state index in [1.165, 1.54) is 23.9 Å². The summed E-state index contributed by atoms with van der Waals surface area (Å²) >= 11 is 1.27. The molecule has 0 spiro atoms. The normalized spacial score (nSPS) is 10.6. The molecule has 0 aliphatic heterocycles. The fraction of sp³-hybridized carbons (Fsp3) is 0.318. The monoisotopic (exact) mass is 461 g/mol. The Morgan fingerprint density at radius 2 is 1.62 bits per heavy atom. The molecule has 1 heterocycles. The van der Waals surface area contributed by atoms with E-state index in [9.17, 15) is 9.18 Å². The number of thioether (sulfide) groups is 1. The Hall–Kier alpha value is -3.27. The Labute approximate surface area is 189 Å². The van der Waals surface area contributed by atoms with Gasteiger partial charge in [-0.15, -0.1) is 16.9 Å². The van der Waals surface area contributed by atoms with Crippen LogP contribution in [0.3, 0.4) is 0 Å². The molecule has 0 aliphatic rings. The van der Waals surface area contributed by atoms with Gasteiger partial charge in [-0.1, -0.05) is 5.10 Å². The van der Waals surface area contributed by atoms with Gasteiger partial charge in [-0.2, -0.15) is 0 Å². The van der Waals surface area contributed by atoms with Crippen LogP contribution in [-0.4, -0.2) is 41.7 Å². The zero-order valence-corrected chi connectivity index (χ0v) is 18.8. The Balaban J connectivity index is 1.73. The first kappa shape index (κ1) is 23.4. The fourth-order valence-electron chi connectivity index (χ4n) is 2.74. The molecule has 1 N–H and O–H groups in total. The Kier molecular flexibility index (Phi) is 8.32. The molecule has 0 radical (unpaired) electrons. The standard InChI is InChI=1S/C22H24FN3O5S/c1-4-28-17-11-14(12-18(29-5-2)20(17)30-6-3)21-25-26-22(31-21)24-19(27)13-32-16-9-7-15(23)8-10-16/h7-12H,4-6,13H2,1-3H3,(H,24,26,27). The highest BCUT2D eigenvalue weighted by Gasteiger charge is 2.19. The molecule has 3 rings (SSSR count). The number of hydrogen-bond acceptors (Lipinski definition) is 8. The third kappa shape index (κ3) is 6.13. The molecule has 0 bridgehead atoms. The number of anilines is 1. The lowest BCUT2D eigenvalue weighted by Crippen LogP contribution is -2.14. The van der Waals surface area contributed by atoms with Gasteiger partial charge >= 0.3 is 6.01 Å². The Morgan fingerprint density at radius 1 is 1.00 bits per heavy atom. The molecule has 2 aromatic carbocycles. The van der Waals surface area contributed by atoms with E-state index in [1.54, 1.807) is 24.3 Å². The van der Waals surface area contributed by atoms with Crippen LogP contribution in [-0.2, 0) is 4.79 Å². The van der Waals surface area contributed by atoms with Crippen molar-refractivity contribution in [1.82, 2.24) is 10.2 Å². The summed E-state index contributed by atoms with van der Waals surface area (Å²) in [6.45, 7) is 6.94. The van der Waals surface area contributed by atoms with E-state index < -0.39 is 0 Å². The van der Waals surface area contributed by atoms with E-state index in [1.807, 2.05) is 20.8 Å². The lowest BCUT2D eigenvalue weighted by molar-refractivity contribution is -0.113. The van der Waals surface area contributed by atoms with Crippen LogP contribution >= 0.6 is 11.8 Å². The predicted octanol–water partition coefficient (Wildman–Crippen LogP) is 4.80. The fourth-order valence-corrected chi connectivity index (χ4v) is 3.44. The lowest BCUT2D eigenvalue weighted by atomic mass is 10.2. The average Bonchev–Trinajstić information content (AvgIpc) is 3.24. The summed E-state index contributed by atoms with van der Waals surface area (Å²) in [5.41, 5.74) is 0.564. The van der Waals surface area contributed by atoms with Gasteiger partial charge in [0.25, 0.3) is 0 Å². The molecule has 8 nitrogen and oxygen atoms in total. The van der Waals surface area contributed by atoms with E-state index >= 15 is 0 Å². The third-order valence-electron chi connectivity index (χ3n) is 4.01. The van der Waals surface area contributed by atoms with Gasteiger partial charge in [0, 0.05) is 10.5 Å². The van der Waals surface area contributed by atoms with E-state index in [-0.39, 0.29) is 29.4 Å². The average molecular weight is 462 g/mol. The van der Waals surface area contributed by atoms with E-state index in [0.29, 0.717) is 42.6 Å². The minimum absolute atomic E-state index is 0.0329. The second-order valence-corrected chi connectivity index (χ2v) is 7.35. The van der Waals surface area contributed by atoms with Crippen LogP contribution < -0.4 is 19.5 Å². The molecule has 32 heavy (non-hydrogen) atoms. The number of nitrogens with zero attached hydrogens (tertiary/aromatic N) is 2. The number of hydrogen-bond donors (Lipinski definition) is 1. The number of ether oxygens (including phenoxy) is 3. The number of carbonyl (C=O) groups is 1. The zero-order chi connectivity index (χ0) is 22.9. The maximum atomic E-state index is 13.0. The Bertz CT molecular complexity index is 1020. The van der Waals surface area contributed by atoms with Gasteiger partial charge in [-0.25, -0.2) is 4.39 Å². The lowest BCUT2D eigenvalue weighted by Gasteiger charge is -2.16. The summed E-state index contributed by atoms with van der Waals surface area (Å²) in [6.07, 6.45) is 0. The second kappa shape index (κ2) is 11.4. The van der Waals surface area contributed by atoms with E-state index in [2.05, 4.69) is 15.5 Å². The number of rotatable bonds is 11. The van der Waals surface area contributed by atoms with Crippen molar-refractivity contribution in [3.63, 3.8) is 0 Å². The third-order valence-corrected chi connectivity index (χ3v) is 5.02. The highest BCUT2D eigenvalue weighted by Crippen LogP contribution is 2.41. The maximum absolute atomic E-state index is 13.0. The molecule has 0 saturated heterocycles. The van der Waals surface area contributed by atoms with Gasteiger partial charge in [0.15, 0.2) is 11.5 Å².